The minimum atomic E-state index is 0.988. The standard InChI is InChI=1S/C6H4N2S.C4H4S/c1-2-4-6-5(3-1)7-8-9-6;1-2-4-5-3-1/h1-4H;1-4H. The van der Waals surface area contributed by atoms with Gasteiger partial charge < -0.3 is 0 Å². The highest BCUT2D eigenvalue weighted by molar-refractivity contribution is 7.12. The first kappa shape index (κ1) is 9.30. The van der Waals surface area contributed by atoms with E-state index in [2.05, 4.69) is 9.59 Å². The Kier molecular flexibility index (Phi) is 3.21. The molecule has 2 aromatic heterocycles. The second-order valence-electron chi connectivity index (χ2n) is 2.53. The summed E-state index contributed by atoms with van der Waals surface area (Å²) in [5, 5.41) is 7.97. The van der Waals surface area contributed by atoms with Crippen LogP contribution in [-0.4, -0.2) is 9.59 Å². The van der Waals surface area contributed by atoms with Gasteiger partial charge in [-0.15, -0.1) is 5.10 Å². The maximum absolute atomic E-state index is 3.89. The lowest BCUT2D eigenvalue weighted by molar-refractivity contribution is 1.20. The molecule has 2 heterocycles. The average Bonchev–Trinajstić information content (AvgIpc) is 2.92. The van der Waals surface area contributed by atoms with Crippen LogP contribution in [0, 0.1) is 0 Å². The minimum Gasteiger partial charge on any atom is -0.152 e. The van der Waals surface area contributed by atoms with Gasteiger partial charge in [-0.3, -0.25) is 0 Å². The van der Waals surface area contributed by atoms with Crippen LogP contribution in [0.4, 0.5) is 0 Å². The normalized spacial score (nSPS) is 9.43. The number of rotatable bonds is 0. The quantitative estimate of drug-likeness (QED) is 0.580. The molecule has 14 heavy (non-hydrogen) atoms. The van der Waals surface area contributed by atoms with Crippen LogP contribution in [0.15, 0.2) is 47.2 Å². The molecule has 2 nitrogen and oxygen atoms in total. The molecule has 1 aromatic carbocycles. The van der Waals surface area contributed by atoms with Crippen molar-refractivity contribution < 1.29 is 0 Å². The van der Waals surface area contributed by atoms with Crippen LogP contribution < -0.4 is 0 Å². The van der Waals surface area contributed by atoms with Crippen LogP contribution in [0.25, 0.3) is 10.2 Å². The molecule has 4 heteroatoms. The van der Waals surface area contributed by atoms with Gasteiger partial charge in [0.05, 0.1) is 4.70 Å². The predicted octanol–water partition coefficient (Wildman–Crippen LogP) is 3.44. The van der Waals surface area contributed by atoms with E-state index in [0.29, 0.717) is 0 Å². The first-order chi connectivity index (χ1) is 6.97. The molecule has 3 aromatic rings. The van der Waals surface area contributed by atoms with Crippen molar-refractivity contribution in [1.82, 2.24) is 9.59 Å². The third kappa shape index (κ3) is 2.37. The molecule has 0 saturated heterocycles. The molecule has 0 fully saturated rings. The lowest BCUT2D eigenvalue weighted by atomic mass is 10.3. The number of aromatic nitrogens is 2. The van der Waals surface area contributed by atoms with E-state index < -0.39 is 0 Å². The largest absolute Gasteiger partial charge is 0.152 e. The predicted molar refractivity (Wildman–Crippen MR) is 61.7 cm³/mol. The summed E-state index contributed by atoms with van der Waals surface area (Å²) in [6.07, 6.45) is 0. The number of hydrogen-bond acceptors (Lipinski definition) is 4. The highest BCUT2D eigenvalue weighted by Gasteiger charge is 1.91. The SMILES string of the molecule is c1ccc2snnc2c1.c1ccsc1. The first-order valence-corrected chi connectivity index (χ1v) is 5.83. The highest BCUT2D eigenvalue weighted by Crippen LogP contribution is 2.12. The summed E-state index contributed by atoms with van der Waals surface area (Å²) in [7, 11) is 0. The Balaban J connectivity index is 0.000000128. The molecule has 0 radical (unpaired) electrons. The zero-order chi connectivity index (χ0) is 9.64. The van der Waals surface area contributed by atoms with Crippen molar-refractivity contribution >= 4 is 33.1 Å². The summed E-state index contributed by atoms with van der Waals surface area (Å²) in [6.45, 7) is 0. The second-order valence-corrected chi connectivity index (χ2v) is 4.14. The molecule has 70 valence electrons. The lowest BCUT2D eigenvalue weighted by Crippen LogP contribution is -1.63. The van der Waals surface area contributed by atoms with Crippen molar-refractivity contribution in [1.29, 1.82) is 0 Å². The second kappa shape index (κ2) is 4.83. The van der Waals surface area contributed by atoms with Crippen LogP contribution in [0.2, 0.25) is 0 Å². The van der Waals surface area contributed by atoms with Crippen LogP contribution in [0.5, 0.6) is 0 Å². The van der Waals surface area contributed by atoms with Gasteiger partial charge in [-0.2, -0.15) is 11.3 Å². The summed E-state index contributed by atoms with van der Waals surface area (Å²) in [5.41, 5.74) is 0.988. The van der Waals surface area contributed by atoms with E-state index in [-0.39, 0.29) is 0 Å². The molecule has 0 aliphatic rings. The van der Waals surface area contributed by atoms with Crippen molar-refractivity contribution in [3.05, 3.63) is 47.2 Å². The average molecular weight is 220 g/mol. The molecular formula is C10H8N2S2. The summed E-state index contributed by atoms with van der Waals surface area (Å²) >= 11 is 3.14. The van der Waals surface area contributed by atoms with Gasteiger partial charge in [0.15, 0.2) is 0 Å². The van der Waals surface area contributed by atoms with Crippen molar-refractivity contribution in [2.45, 2.75) is 0 Å². The number of nitrogens with zero attached hydrogens (tertiary/aromatic N) is 2. The smallest absolute Gasteiger partial charge is 0.105 e. The molecular weight excluding hydrogens is 212 g/mol. The van der Waals surface area contributed by atoms with Crippen LogP contribution >= 0.6 is 22.9 Å². The Morgan fingerprint density at radius 2 is 1.71 bits per heavy atom. The van der Waals surface area contributed by atoms with Gasteiger partial charge in [-0.05, 0) is 34.4 Å². The first-order valence-electron chi connectivity index (χ1n) is 4.11. The van der Waals surface area contributed by atoms with E-state index in [1.54, 1.807) is 11.3 Å². The fourth-order valence-corrected chi connectivity index (χ4v) is 1.96. The van der Waals surface area contributed by atoms with Gasteiger partial charge in [0.1, 0.15) is 5.52 Å². The highest BCUT2D eigenvalue weighted by atomic mass is 32.1. The summed E-state index contributed by atoms with van der Waals surface area (Å²) in [6, 6.07) is 12.0. The van der Waals surface area contributed by atoms with Crippen molar-refractivity contribution in [2.24, 2.45) is 0 Å². The molecule has 0 unspecified atom stereocenters. The monoisotopic (exact) mass is 220 g/mol. The fourth-order valence-electron chi connectivity index (χ4n) is 0.952. The number of hydrogen-bond donors (Lipinski definition) is 0. The van der Waals surface area contributed by atoms with Crippen LogP contribution in [0.3, 0.4) is 0 Å². The summed E-state index contributed by atoms with van der Waals surface area (Å²) in [4.78, 5) is 0. The number of thiophene rings is 1. The van der Waals surface area contributed by atoms with E-state index in [9.17, 15) is 0 Å². The Morgan fingerprint density at radius 3 is 2.36 bits per heavy atom. The Bertz CT molecular complexity index is 426. The summed E-state index contributed by atoms with van der Waals surface area (Å²) in [5.74, 6) is 0. The Morgan fingerprint density at radius 1 is 0.929 bits per heavy atom. The van der Waals surface area contributed by atoms with Gasteiger partial charge in [0, 0.05) is 0 Å². The topological polar surface area (TPSA) is 25.8 Å². The van der Waals surface area contributed by atoms with E-state index in [1.807, 2.05) is 47.2 Å². The van der Waals surface area contributed by atoms with E-state index in [1.165, 1.54) is 11.5 Å². The maximum Gasteiger partial charge on any atom is 0.105 e. The molecule has 3 rings (SSSR count). The minimum absolute atomic E-state index is 0.988. The van der Waals surface area contributed by atoms with Crippen molar-refractivity contribution in [3.8, 4) is 0 Å². The van der Waals surface area contributed by atoms with E-state index in [0.717, 1.165) is 10.2 Å². The number of fused-ring (bicyclic) bond motifs is 1. The van der Waals surface area contributed by atoms with E-state index in [4.69, 9.17) is 0 Å². The molecule has 0 aliphatic carbocycles. The van der Waals surface area contributed by atoms with Gasteiger partial charge in [-0.1, -0.05) is 28.8 Å². The fraction of sp³-hybridized carbons (Fsp3) is 0. The van der Waals surface area contributed by atoms with Crippen LogP contribution in [-0.2, 0) is 0 Å². The molecule has 0 N–H and O–H groups in total. The zero-order valence-electron chi connectivity index (χ0n) is 7.33. The maximum atomic E-state index is 3.89. The third-order valence-corrected chi connectivity index (χ3v) is 2.91. The Labute approximate surface area is 90.0 Å². The zero-order valence-corrected chi connectivity index (χ0v) is 8.96. The van der Waals surface area contributed by atoms with Gasteiger partial charge in [0.25, 0.3) is 0 Å². The van der Waals surface area contributed by atoms with Crippen molar-refractivity contribution in [2.75, 3.05) is 0 Å². The molecule has 0 atom stereocenters. The Hall–Kier alpha value is -1.26. The van der Waals surface area contributed by atoms with Crippen LogP contribution in [0.1, 0.15) is 0 Å². The number of benzene rings is 1. The molecule has 0 amide bonds. The third-order valence-electron chi connectivity index (χ3n) is 1.58. The van der Waals surface area contributed by atoms with Gasteiger partial charge >= 0.3 is 0 Å². The molecule has 0 spiro atoms. The molecule has 0 saturated carbocycles. The van der Waals surface area contributed by atoms with Gasteiger partial charge in [0.2, 0.25) is 0 Å². The van der Waals surface area contributed by atoms with Crippen molar-refractivity contribution in [3.63, 3.8) is 0 Å². The summed E-state index contributed by atoms with van der Waals surface area (Å²) < 4.78 is 4.94. The molecule has 0 bridgehead atoms. The molecule has 0 aliphatic heterocycles. The van der Waals surface area contributed by atoms with E-state index >= 15 is 0 Å². The lowest BCUT2D eigenvalue weighted by Gasteiger charge is -1.78. The van der Waals surface area contributed by atoms with Gasteiger partial charge in [-0.25, -0.2) is 0 Å².